The average Bonchev–Trinajstić information content (AvgIpc) is 2.13. The van der Waals surface area contributed by atoms with Crippen LogP contribution < -0.4 is 0 Å². The molecule has 0 bridgehead atoms. The normalized spacial score (nSPS) is 33.6. The van der Waals surface area contributed by atoms with Gasteiger partial charge in [0.2, 0.25) is 0 Å². The van der Waals surface area contributed by atoms with Gasteiger partial charge in [-0.25, -0.2) is 0 Å². The van der Waals surface area contributed by atoms with Crippen molar-refractivity contribution in [3.8, 4) is 0 Å². The molecule has 0 aromatic rings. The van der Waals surface area contributed by atoms with Crippen molar-refractivity contribution in [3.05, 3.63) is 0 Å². The fourth-order valence-corrected chi connectivity index (χ4v) is 2.00. The van der Waals surface area contributed by atoms with E-state index in [1.807, 2.05) is 11.8 Å². The van der Waals surface area contributed by atoms with E-state index in [1.54, 1.807) is 0 Å². The molecule has 0 spiro atoms. The third-order valence-electron chi connectivity index (χ3n) is 1.47. The molecule has 0 radical (unpaired) electrons. The lowest BCUT2D eigenvalue weighted by molar-refractivity contribution is 0.0578. The average molecular weight is 161 g/mol. The molecule has 2 atom stereocenters. The summed E-state index contributed by atoms with van der Waals surface area (Å²) < 4.78 is 5.59. The standard InChI is InChI=1S/C7H15NOS/c1-6-9-7(5-10-6)4-8(2)3/h6-7H,4-5H2,1-3H3. The van der Waals surface area contributed by atoms with E-state index in [9.17, 15) is 0 Å². The van der Waals surface area contributed by atoms with Crippen molar-refractivity contribution in [3.63, 3.8) is 0 Å². The first-order chi connectivity index (χ1) is 4.68. The van der Waals surface area contributed by atoms with Crippen molar-refractivity contribution in [2.45, 2.75) is 18.5 Å². The van der Waals surface area contributed by atoms with Crippen molar-refractivity contribution >= 4 is 11.8 Å². The number of nitrogens with zero attached hydrogens (tertiary/aromatic N) is 1. The number of hydrogen-bond acceptors (Lipinski definition) is 3. The predicted octanol–water partition coefficient (Wildman–Crippen LogP) is 1.03. The quantitative estimate of drug-likeness (QED) is 0.600. The molecule has 0 N–H and O–H groups in total. The minimum atomic E-state index is 0.407. The molecule has 60 valence electrons. The molecule has 1 heterocycles. The summed E-state index contributed by atoms with van der Waals surface area (Å²) in [6.07, 6.45) is 0.454. The zero-order valence-corrected chi connectivity index (χ0v) is 7.65. The molecule has 1 aliphatic rings. The minimum absolute atomic E-state index is 0.407. The molecule has 3 heteroatoms. The van der Waals surface area contributed by atoms with E-state index in [0.29, 0.717) is 11.5 Å². The highest BCUT2D eigenvalue weighted by Crippen LogP contribution is 2.24. The smallest absolute Gasteiger partial charge is 0.100 e. The maximum Gasteiger partial charge on any atom is 0.100 e. The second-order valence-corrected chi connectivity index (χ2v) is 4.25. The molecule has 1 saturated heterocycles. The van der Waals surface area contributed by atoms with Crippen LogP contribution in [0.25, 0.3) is 0 Å². The monoisotopic (exact) mass is 161 g/mol. The molecule has 0 saturated carbocycles. The van der Waals surface area contributed by atoms with Crippen LogP contribution in [0.5, 0.6) is 0 Å². The van der Waals surface area contributed by atoms with Crippen LogP contribution in [0, 0.1) is 0 Å². The van der Waals surface area contributed by atoms with Gasteiger partial charge < -0.3 is 9.64 Å². The van der Waals surface area contributed by atoms with Crippen molar-refractivity contribution < 1.29 is 4.74 Å². The fourth-order valence-electron chi connectivity index (χ4n) is 1.10. The first kappa shape index (κ1) is 8.37. The molecule has 0 aromatic heterocycles. The molecule has 1 fully saturated rings. The van der Waals surface area contributed by atoms with Crippen LogP contribution >= 0.6 is 11.8 Å². The van der Waals surface area contributed by atoms with Crippen LogP contribution in [0.3, 0.4) is 0 Å². The molecule has 1 aliphatic heterocycles. The number of hydrogen-bond donors (Lipinski definition) is 0. The first-order valence-electron chi connectivity index (χ1n) is 3.60. The van der Waals surface area contributed by atoms with E-state index in [0.717, 1.165) is 12.3 Å². The first-order valence-corrected chi connectivity index (χ1v) is 4.65. The molecule has 10 heavy (non-hydrogen) atoms. The zero-order chi connectivity index (χ0) is 7.56. The maximum atomic E-state index is 5.59. The lowest BCUT2D eigenvalue weighted by Gasteiger charge is -2.14. The molecule has 2 nitrogen and oxygen atoms in total. The van der Waals surface area contributed by atoms with E-state index in [-0.39, 0.29) is 0 Å². The third-order valence-corrected chi connectivity index (χ3v) is 2.61. The Balaban J connectivity index is 2.18. The fraction of sp³-hybridized carbons (Fsp3) is 1.00. The summed E-state index contributed by atoms with van der Waals surface area (Å²) in [5.74, 6) is 1.15. The van der Waals surface area contributed by atoms with Gasteiger partial charge in [0.05, 0.1) is 6.10 Å². The van der Waals surface area contributed by atoms with E-state index >= 15 is 0 Å². The summed E-state index contributed by atoms with van der Waals surface area (Å²) in [7, 11) is 4.16. The summed E-state index contributed by atoms with van der Waals surface area (Å²) in [5.41, 5.74) is 0.407. The third kappa shape index (κ3) is 2.48. The Labute approximate surface area is 66.9 Å². The molecular formula is C7H15NOS. The molecular weight excluding hydrogens is 146 g/mol. The Morgan fingerprint density at radius 2 is 2.30 bits per heavy atom. The largest absolute Gasteiger partial charge is 0.362 e. The van der Waals surface area contributed by atoms with Crippen LogP contribution in [0.4, 0.5) is 0 Å². The molecule has 0 aliphatic carbocycles. The molecule has 1 rings (SSSR count). The van der Waals surface area contributed by atoms with Crippen LogP contribution in [0.2, 0.25) is 0 Å². The van der Waals surface area contributed by atoms with Gasteiger partial charge in [-0.3, -0.25) is 0 Å². The summed E-state index contributed by atoms with van der Waals surface area (Å²) in [5, 5.41) is 0. The Morgan fingerprint density at radius 1 is 1.60 bits per heavy atom. The number of thioether (sulfide) groups is 1. The van der Waals surface area contributed by atoms with Crippen molar-refractivity contribution in [1.29, 1.82) is 0 Å². The van der Waals surface area contributed by atoms with Crippen LogP contribution in [-0.2, 0) is 4.74 Å². The zero-order valence-electron chi connectivity index (χ0n) is 6.83. The molecule has 0 aromatic carbocycles. The van der Waals surface area contributed by atoms with Gasteiger partial charge in [-0.2, -0.15) is 0 Å². The second kappa shape index (κ2) is 3.60. The van der Waals surface area contributed by atoms with Crippen LogP contribution in [0.15, 0.2) is 0 Å². The van der Waals surface area contributed by atoms with Crippen LogP contribution in [-0.4, -0.2) is 42.8 Å². The summed E-state index contributed by atoms with van der Waals surface area (Å²) in [6.45, 7) is 3.16. The van der Waals surface area contributed by atoms with Gasteiger partial charge >= 0.3 is 0 Å². The highest BCUT2D eigenvalue weighted by Gasteiger charge is 2.22. The molecule has 2 unspecified atom stereocenters. The van der Waals surface area contributed by atoms with Gasteiger partial charge in [0.25, 0.3) is 0 Å². The minimum Gasteiger partial charge on any atom is -0.362 e. The highest BCUT2D eigenvalue weighted by atomic mass is 32.2. The number of ether oxygens (including phenoxy) is 1. The van der Waals surface area contributed by atoms with Gasteiger partial charge in [-0.1, -0.05) is 0 Å². The number of rotatable bonds is 2. The van der Waals surface area contributed by atoms with Crippen molar-refractivity contribution in [2.24, 2.45) is 0 Å². The van der Waals surface area contributed by atoms with Crippen molar-refractivity contribution in [2.75, 3.05) is 26.4 Å². The lowest BCUT2D eigenvalue weighted by atomic mass is 10.4. The van der Waals surface area contributed by atoms with E-state index in [1.165, 1.54) is 0 Å². The Morgan fingerprint density at radius 3 is 2.70 bits per heavy atom. The topological polar surface area (TPSA) is 12.5 Å². The van der Waals surface area contributed by atoms with Gasteiger partial charge in [-0.15, -0.1) is 11.8 Å². The predicted molar refractivity (Wildman–Crippen MR) is 45.3 cm³/mol. The van der Waals surface area contributed by atoms with Gasteiger partial charge in [-0.05, 0) is 21.0 Å². The maximum absolute atomic E-state index is 5.59. The molecule has 0 amide bonds. The van der Waals surface area contributed by atoms with Crippen LogP contribution in [0.1, 0.15) is 6.92 Å². The van der Waals surface area contributed by atoms with E-state index < -0.39 is 0 Å². The van der Waals surface area contributed by atoms with Gasteiger partial charge in [0.1, 0.15) is 5.44 Å². The SMILES string of the molecule is CC1OC(CN(C)C)CS1. The summed E-state index contributed by atoms with van der Waals surface area (Å²) in [4.78, 5) is 2.17. The van der Waals surface area contributed by atoms with E-state index in [4.69, 9.17) is 4.74 Å². The van der Waals surface area contributed by atoms with Crippen molar-refractivity contribution in [1.82, 2.24) is 4.90 Å². The van der Waals surface area contributed by atoms with E-state index in [2.05, 4.69) is 25.9 Å². The Bertz CT molecular complexity index is 108. The lowest BCUT2D eigenvalue weighted by Crippen LogP contribution is -2.27. The Kier molecular flexibility index (Phi) is 3.01. The summed E-state index contributed by atoms with van der Waals surface area (Å²) in [6, 6.07) is 0. The Hall–Kier alpha value is 0.270. The number of likely N-dealkylation sites (N-methyl/N-ethyl adjacent to an activating group) is 1. The highest BCUT2D eigenvalue weighted by molar-refractivity contribution is 7.99. The van der Waals surface area contributed by atoms with Gasteiger partial charge in [0.15, 0.2) is 0 Å². The summed E-state index contributed by atoms with van der Waals surface area (Å²) >= 11 is 1.90. The van der Waals surface area contributed by atoms with Gasteiger partial charge in [0, 0.05) is 12.3 Å². The second-order valence-electron chi connectivity index (χ2n) is 2.92.